The number of nitriles is 1. The number of piperidine rings is 1. The van der Waals surface area contributed by atoms with Gasteiger partial charge < -0.3 is 0 Å². The van der Waals surface area contributed by atoms with E-state index >= 15 is 0 Å². The predicted octanol–water partition coefficient (Wildman–Crippen LogP) is 3.47. The fourth-order valence-corrected chi connectivity index (χ4v) is 2.48. The average molecular weight is 286 g/mol. The first kappa shape index (κ1) is 14.8. The maximum atomic E-state index is 13.3. The highest BCUT2D eigenvalue weighted by atomic mass is 19.4. The molecule has 2 nitrogen and oxygen atoms in total. The van der Waals surface area contributed by atoms with Gasteiger partial charge in [-0.2, -0.15) is 18.4 Å². The van der Waals surface area contributed by atoms with Crippen LogP contribution in [0.4, 0.5) is 17.6 Å². The van der Waals surface area contributed by atoms with E-state index in [1.165, 1.54) is 6.07 Å². The molecule has 20 heavy (non-hydrogen) atoms. The smallest absolute Gasteiger partial charge is 0.299 e. The van der Waals surface area contributed by atoms with Crippen molar-refractivity contribution < 1.29 is 17.6 Å². The second-order valence-electron chi connectivity index (χ2n) is 5.05. The highest BCUT2D eigenvalue weighted by Crippen LogP contribution is 2.34. The molecule has 1 saturated heterocycles. The first-order valence-electron chi connectivity index (χ1n) is 6.37. The summed E-state index contributed by atoms with van der Waals surface area (Å²) in [6.45, 7) is 1.04. The lowest BCUT2D eigenvalue weighted by atomic mass is 9.96. The fraction of sp³-hybridized carbons (Fsp3) is 0.500. The molecule has 2 rings (SSSR count). The van der Waals surface area contributed by atoms with Crippen LogP contribution >= 0.6 is 0 Å². The van der Waals surface area contributed by atoms with Crippen molar-refractivity contribution in [3.05, 3.63) is 35.1 Å². The van der Waals surface area contributed by atoms with E-state index in [-0.39, 0.29) is 18.4 Å². The van der Waals surface area contributed by atoms with Crippen LogP contribution in [0, 0.1) is 23.1 Å². The molecule has 0 amide bonds. The monoisotopic (exact) mass is 286 g/mol. The van der Waals surface area contributed by atoms with Gasteiger partial charge in [-0.15, -0.1) is 0 Å². The number of benzene rings is 1. The summed E-state index contributed by atoms with van der Waals surface area (Å²) in [7, 11) is 0. The van der Waals surface area contributed by atoms with Gasteiger partial charge >= 0.3 is 6.18 Å². The van der Waals surface area contributed by atoms with Crippen molar-refractivity contribution in [2.45, 2.75) is 25.6 Å². The largest absolute Gasteiger partial charge is 0.391 e. The van der Waals surface area contributed by atoms with Gasteiger partial charge in [0.25, 0.3) is 0 Å². The third-order valence-electron chi connectivity index (χ3n) is 3.54. The van der Waals surface area contributed by atoms with Crippen LogP contribution in [0.1, 0.15) is 24.0 Å². The zero-order valence-corrected chi connectivity index (χ0v) is 10.8. The highest BCUT2D eigenvalue weighted by Gasteiger charge is 2.40. The minimum atomic E-state index is -4.13. The Hall–Kier alpha value is -1.61. The Morgan fingerprint density at radius 1 is 1.20 bits per heavy atom. The molecule has 0 atom stereocenters. The summed E-state index contributed by atoms with van der Waals surface area (Å²) in [4.78, 5) is 1.86. The number of likely N-dealkylation sites (tertiary alicyclic amines) is 1. The third-order valence-corrected chi connectivity index (χ3v) is 3.54. The lowest BCUT2D eigenvalue weighted by Crippen LogP contribution is -2.38. The SMILES string of the molecule is N#Cc1cc(F)cc(CN2CCC(C(F)(F)F)CC2)c1. The van der Waals surface area contributed by atoms with Gasteiger partial charge in [-0.25, -0.2) is 4.39 Å². The van der Waals surface area contributed by atoms with Crippen LogP contribution < -0.4 is 0 Å². The van der Waals surface area contributed by atoms with Crippen molar-refractivity contribution in [3.63, 3.8) is 0 Å². The van der Waals surface area contributed by atoms with Gasteiger partial charge in [0.2, 0.25) is 0 Å². The van der Waals surface area contributed by atoms with Gasteiger partial charge in [0, 0.05) is 6.54 Å². The van der Waals surface area contributed by atoms with Crippen LogP contribution in [0.25, 0.3) is 0 Å². The lowest BCUT2D eigenvalue weighted by Gasteiger charge is -2.32. The summed E-state index contributed by atoms with van der Waals surface area (Å²) in [6.07, 6.45) is -3.98. The third kappa shape index (κ3) is 3.70. The van der Waals surface area contributed by atoms with E-state index in [9.17, 15) is 17.6 Å². The van der Waals surface area contributed by atoms with Crippen LogP contribution in [0.5, 0.6) is 0 Å². The molecular weight excluding hydrogens is 272 g/mol. The summed E-state index contributed by atoms with van der Waals surface area (Å²) in [5.74, 6) is -1.73. The molecule has 0 spiro atoms. The van der Waals surface area contributed by atoms with Crippen LogP contribution in [0.15, 0.2) is 18.2 Å². The number of hydrogen-bond donors (Lipinski definition) is 0. The minimum absolute atomic E-state index is 0.0733. The van der Waals surface area contributed by atoms with E-state index in [1.807, 2.05) is 11.0 Å². The van der Waals surface area contributed by atoms with E-state index < -0.39 is 17.9 Å². The Morgan fingerprint density at radius 2 is 1.85 bits per heavy atom. The molecule has 1 aromatic rings. The van der Waals surface area contributed by atoms with E-state index in [0.717, 1.165) is 6.07 Å². The van der Waals surface area contributed by atoms with Gasteiger partial charge in [-0.1, -0.05) is 0 Å². The fourth-order valence-electron chi connectivity index (χ4n) is 2.48. The first-order chi connectivity index (χ1) is 9.38. The zero-order valence-electron chi connectivity index (χ0n) is 10.8. The van der Waals surface area contributed by atoms with E-state index in [1.54, 1.807) is 6.07 Å². The van der Waals surface area contributed by atoms with E-state index in [2.05, 4.69) is 0 Å². The Kier molecular flexibility index (Phi) is 4.29. The molecule has 1 aromatic carbocycles. The van der Waals surface area contributed by atoms with Crippen LogP contribution in [-0.4, -0.2) is 24.2 Å². The van der Waals surface area contributed by atoms with Gasteiger partial charge in [-0.05, 0) is 49.7 Å². The van der Waals surface area contributed by atoms with Crippen molar-refractivity contribution in [1.82, 2.24) is 4.90 Å². The Balaban J connectivity index is 1.96. The van der Waals surface area contributed by atoms with Crippen molar-refractivity contribution in [2.75, 3.05) is 13.1 Å². The maximum absolute atomic E-state index is 13.3. The first-order valence-corrected chi connectivity index (χ1v) is 6.37. The quantitative estimate of drug-likeness (QED) is 0.778. The summed E-state index contributed by atoms with van der Waals surface area (Å²) in [5.41, 5.74) is 0.845. The molecule has 0 saturated carbocycles. The minimum Gasteiger partial charge on any atom is -0.299 e. The van der Waals surface area contributed by atoms with Gasteiger partial charge in [-0.3, -0.25) is 4.90 Å². The average Bonchev–Trinajstić information content (AvgIpc) is 2.37. The lowest BCUT2D eigenvalue weighted by molar-refractivity contribution is -0.185. The topological polar surface area (TPSA) is 27.0 Å². The number of alkyl halides is 3. The van der Waals surface area contributed by atoms with Crippen molar-refractivity contribution in [1.29, 1.82) is 5.26 Å². The molecular formula is C14H14F4N2. The van der Waals surface area contributed by atoms with Crippen LogP contribution in [-0.2, 0) is 6.54 Å². The van der Waals surface area contributed by atoms with Gasteiger partial charge in [0.05, 0.1) is 17.6 Å². The molecule has 1 aliphatic heterocycles. The molecule has 0 bridgehead atoms. The summed E-state index contributed by atoms with van der Waals surface area (Å²) in [5, 5.41) is 8.76. The molecule has 1 aliphatic rings. The summed E-state index contributed by atoms with van der Waals surface area (Å²) in [6, 6.07) is 5.89. The second kappa shape index (κ2) is 5.80. The molecule has 0 aliphatic carbocycles. The Labute approximate surface area is 114 Å². The van der Waals surface area contributed by atoms with E-state index in [0.29, 0.717) is 25.2 Å². The van der Waals surface area contributed by atoms with Crippen molar-refractivity contribution in [2.24, 2.45) is 5.92 Å². The van der Waals surface area contributed by atoms with Crippen LogP contribution in [0.3, 0.4) is 0 Å². The number of nitrogens with zero attached hydrogens (tertiary/aromatic N) is 2. The maximum Gasteiger partial charge on any atom is 0.391 e. The highest BCUT2D eigenvalue weighted by molar-refractivity contribution is 5.33. The van der Waals surface area contributed by atoms with Crippen molar-refractivity contribution >= 4 is 0 Å². The zero-order chi connectivity index (χ0) is 14.8. The van der Waals surface area contributed by atoms with Crippen molar-refractivity contribution in [3.8, 4) is 6.07 Å². The normalized spacial score (nSPS) is 17.9. The second-order valence-corrected chi connectivity index (χ2v) is 5.05. The number of halogens is 4. The van der Waals surface area contributed by atoms with Gasteiger partial charge in [0.15, 0.2) is 0 Å². The number of rotatable bonds is 2. The molecule has 1 heterocycles. The van der Waals surface area contributed by atoms with E-state index in [4.69, 9.17) is 5.26 Å². The van der Waals surface area contributed by atoms with Crippen LogP contribution in [0.2, 0.25) is 0 Å². The Morgan fingerprint density at radius 3 is 2.40 bits per heavy atom. The predicted molar refractivity (Wildman–Crippen MR) is 65.2 cm³/mol. The molecule has 0 unspecified atom stereocenters. The number of hydrogen-bond acceptors (Lipinski definition) is 2. The molecule has 6 heteroatoms. The molecule has 1 fully saturated rings. The van der Waals surface area contributed by atoms with Gasteiger partial charge in [0.1, 0.15) is 5.82 Å². The molecule has 0 N–H and O–H groups in total. The molecule has 0 aromatic heterocycles. The summed E-state index contributed by atoms with van der Waals surface area (Å²) < 4.78 is 50.9. The molecule has 0 radical (unpaired) electrons. The molecule has 108 valence electrons. The standard InChI is InChI=1S/C14H14F4N2/c15-13-6-10(8-19)5-11(7-13)9-20-3-1-12(2-4-20)14(16,17)18/h5-7,12H,1-4,9H2. The summed E-state index contributed by atoms with van der Waals surface area (Å²) >= 11 is 0. The Bertz CT molecular complexity index is 511.